The van der Waals surface area contributed by atoms with Gasteiger partial charge in [0, 0.05) is 6.08 Å². The molecule has 0 fully saturated rings. The molecule has 3 N–H and O–H groups in total. The molecule has 0 unspecified atom stereocenters. The van der Waals surface area contributed by atoms with E-state index < -0.39 is 5.97 Å². The van der Waals surface area contributed by atoms with Crippen LogP contribution in [0.5, 0.6) is 0 Å². The summed E-state index contributed by atoms with van der Waals surface area (Å²) < 4.78 is 0. The van der Waals surface area contributed by atoms with Crippen LogP contribution in [0.1, 0.15) is 6.92 Å². The maximum atomic E-state index is 9.75. The Morgan fingerprint density at radius 1 is 1.40 bits per heavy atom. The summed E-state index contributed by atoms with van der Waals surface area (Å²) in [5.41, 5.74) is 0. The van der Waals surface area contributed by atoms with E-state index in [1.165, 1.54) is 6.08 Å². The number of carbonyl (C=O) groups is 1. The zero-order chi connectivity index (χ0) is 6.41. The predicted molar refractivity (Wildman–Crippen MR) is 42.4 cm³/mol. The molecule has 0 aromatic rings. The van der Waals surface area contributed by atoms with Gasteiger partial charge in [0.05, 0.1) is 0 Å². The van der Waals surface area contributed by atoms with Gasteiger partial charge in [-0.15, -0.1) is 0 Å². The van der Waals surface area contributed by atoms with Gasteiger partial charge in [-0.2, -0.15) is 0 Å². The Labute approximate surface area is 103 Å². The van der Waals surface area contributed by atoms with E-state index in [4.69, 9.17) is 5.11 Å². The van der Waals surface area contributed by atoms with E-state index >= 15 is 0 Å². The van der Waals surface area contributed by atoms with E-state index in [0.29, 0.717) is 0 Å². The number of hydrogen-bond acceptors (Lipinski definition) is 1. The number of hydrogen-bond donors (Lipinski definition) is 1. The van der Waals surface area contributed by atoms with Gasteiger partial charge in [-0.05, 0) is 6.92 Å². The van der Waals surface area contributed by atoms with E-state index in [9.17, 15) is 4.79 Å². The molecule has 0 saturated heterocycles. The normalized spacial score (nSPS) is 8.90. The molecule has 0 rings (SSSR count). The summed E-state index contributed by atoms with van der Waals surface area (Å²) in [5, 5.41) is 8.02. The van der Waals surface area contributed by atoms with Crippen LogP contribution >= 0.6 is 0 Å². The number of allylic oxidation sites excluding steroid dienone is 3. The van der Waals surface area contributed by atoms with Gasteiger partial charge < -0.3 is 10.6 Å². The first-order chi connectivity index (χ1) is 3.77. The molecule has 4 heteroatoms. The SMILES string of the molecule is C/C=C/C=C/C(=O)O.O.[KH]. The molecule has 0 spiro atoms. The molecular weight excluding hydrogens is 159 g/mol. The monoisotopic (exact) mass is 170 g/mol. The van der Waals surface area contributed by atoms with Crippen LogP contribution in [0.25, 0.3) is 0 Å². The van der Waals surface area contributed by atoms with E-state index in [2.05, 4.69) is 0 Å². The fourth-order valence-electron chi connectivity index (χ4n) is 0.249. The van der Waals surface area contributed by atoms with E-state index in [1.54, 1.807) is 12.2 Å². The first-order valence-corrected chi connectivity index (χ1v) is 2.29. The van der Waals surface area contributed by atoms with Crippen LogP contribution in [-0.2, 0) is 4.79 Å². The zero-order valence-corrected chi connectivity index (χ0v) is 5.16. The molecule has 0 aromatic heterocycles. The molecule has 10 heavy (non-hydrogen) atoms. The molecule has 0 bridgehead atoms. The van der Waals surface area contributed by atoms with Gasteiger partial charge in [0.1, 0.15) is 0 Å². The van der Waals surface area contributed by atoms with Gasteiger partial charge in [-0.3, -0.25) is 0 Å². The van der Waals surface area contributed by atoms with Crippen LogP contribution < -0.4 is 0 Å². The average molecular weight is 170 g/mol. The quantitative estimate of drug-likeness (QED) is 0.352. The van der Waals surface area contributed by atoms with Crippen LogP contribution in [0.2, 0.25) is 0 Å². The minimum atomic E-state index is -0.914. The van der Waals surface area contributed by atoms with Crippen LogP contribution in [0.4, 0.5) is 0 Å². The fourth-order valence-corrected chi connectivity index (χ4v) is 0.249. The van der Waals surface area contributed by atoms with Crippen molar-refractivity contribution in [1.82, 2.24) is 0 Å². The molecule has 0 aromatic carbocycles. The maximum absolute atomic E-state index is 9.75. The van der Waals surface area contributed by atoms with E-state index in [0.717, 1.165) is 6.08 Å². The Kier molecular flexibility index (Phi) is 20.7. The van der Waals surface area contributed by atoms with E-state index in [-0.39, 0.29) is 56.9 Å². The Balaban J connectivity index is -0.000000245. The van der Waals surface area contributed by atoms with Gasteiger partial charge in [-0.1, -0.05) is 18.2 Å². The Hall–Kier alpha value is 0.546. The van der Waals surface area contributed by atoms with Crippen molar-refractivity contribution >= 4 is 57.4 Å². The molecule has 0 heterocycles. The minimum absolute atomic E-state index is 0. The molecule has 0 aliphatic carbocycles. The molecule has 0 amide bonds. The third-order valence-electron chi connectivity index (χ3n) is 0.542. The standard InChI is InChI=1S/C6H8O2.K.H2O.H/c1-2-3-4-5-6(7)8;;;/h2-5H,1H3,(H,7,8);;1H2;/b3-2+,5-4+;;;. The first-order valence-electron chi connectivity index (χ1n) is 2.29. The van der Waals surface area contributed by atoms with E-state index in [1.807, 2.05) is 6.92 Å². The summed E-state index contributed by atoms with van der Waals surface area (Å²) in [4.78, 5) is 9.75. The second kappa shape index (κ2) is 12.2. The summed E-state index contributed by atoms with van der Waals surface area (Å²) in [6, 6.07) is 0. The average Bonchev–Trinajstić information content (AvgIpc) is 1.66. The van der Waals surface area contributed by atoms with Crippen molar-refractivity contribution in [3.8, 4) is 0 Å². The Morgan fingerprint density at radius 3 is 2.20 bits per heavy atom. The van der Waals surface area contributed by atoms with Gasteiger partial charge in [0.2, 0.25) is 0 Å². The molecule has 0 atom stereocenters. The van der Waals surface area contributed by atoms with Crippen molar-refractivity contribution < 1.29 is 15.4 Å². The van der Waals surface area contributed by atoms with Crippen LogP contribution in [-0.4, -0.2) is 67.9 Å². The summed E-state index contributed by atoms with van der Waals surface area (Å²) in [7, 11) is 0. The van der Waals surface area contributed by atoms with Gasteiger partial charge in [0.25, 0.3) is 0 Å². The number of carboxylic acid groups (broad SMARTS) is 1. The fraction of sp³-hybridized carbons (Fsp3) is 0.167. The molecule has 0 aliphatic rings. The Morgan fingerprint density at radius 2 is 1.90 bits per heavy atom. The van der Waals surface area contributed by atoms with Crippen LogP contribution in [0, 0.1) is 0 Å². The van der Waals surface area contributed by atoms with Crippen molar-refractivity contribution in [3.05, 3.63) is 24.3 Å². The second-order valence-electron chi connectivity index (χ2n) is 1.22. The van der Waals surface area contributed by atoms with Crippen molar-refractivity contribution in [2.75, 3.05) is 0 Å². The predicted octanol–water partition coefficient (Wildman–Crippen LogP) is -0.270. The summed E-state index contributed by atoms with van der Waals surface area (Å²) in [6.45, 7) is 1.83. The van der Waals surface area contributed by atoms with Gasteiger partial charge >= 0.3 is 57.4 Å². The van der Waals surface area contributed by atoms with Crippen molar-refractivity contribution in [2.24, 2.45) is 0 Å². The number of carboxylic acids is 1. The number of rotatable bonds is 2. The molecule has 54 valence electrons. The van der Waals surface area contributed by atoms with Crippen molar-refractivity contribution in [1.29, 1.82) is 0 Å². The molecule has 3 nitrogen and oxygen atoms in total. The molecule has 0 saturated carbocycles. The number of aliphatic carboxylic acids is 1. The Bertz CT molecular complexity index is 129. The third kappa shape index (κ3) is 15.8. The summed E-state index contributed by atoms with van der Waals surface area (Å²) in [6.07, 6.45) is 5.98. The first kappa shape index (κ1) is 16.9. The molecular formula is C6H11KO3. The molecule has 0 radical (unpaired) electrons. The van der Waals surface area contributed by atoms with Gasteiger partial charge in [-0.25, -0.2) is 4.79 Å². The molecule has 0 aliphatic heterocycles. The zero-order valence-electron chi connectivity index (χ0n) is 5.16. The van der Waals surface area contributed by atoms with Crippen molar-refractivity contribution in [2.45, 2.75) is 6.92 Å². The van der Waals surface area contributed by atoms with Crippen LogP contribution in [0.3, 0.4) is 0 Å². The van der Waals surface area contributed by atoms with Gasteiger partial charge in [0.15, 0.2) is 0 Å². The van der Waals surface area contributed by atoms with Crippen molar-refractivity contribution in [3.63, 3.8) is 0 Å². The van der Waals surface area contributed by atoms with Crippen LogP contribution in [0.15, 0.2) is 24.3 Å². The second-order valence-corrected chi connectivity index (χ2v) is 1.22. The third-order valence-corrected chi connectivity index (χ3v) is 0.542. The topological polar surface area (TPSA) is 68.8 Å². The summed E-state index contributed by atoms with van der Waals surface area (Å²) >= 11 is 0. The summed E-state index contributed by atoms with van der Waals surface area (Å²) in [5.74, 6) is -0.914.